The van der Waals surface area contributed by atoms with Crippen LogP contribution in [-0.2, 0) is 5.54 Å². The SMILES string of the molecule is CN(C)CCN1CCN(c2ccc3nc(-c4ccc(C5(N)CCC5)cc4)c(-c4ccccc4)nc3n2)CC1. The summed E-state index contributed by atoms with van der Waals surface area (Å²) in [4.78, 5) is 22.3. The molecule has 0 radical (unpaired) electrons. The fraction of sp³-hybridized carbons (Fsp3) is 0.387. The van der Waals surface area contributed by atoms with Crippen molar-refractivity contribution in [3.8, 4) is 22.5 Å². The minimum atomic E-state index is -0.173. The second kappa shape index (κ2) is 10.4. The maximum absolute atomic E-state index is 6.57. The summed E-state index contributed by atoms with van der Waals surface area (Å²) in [6, 6.07) is 23.1. The summed E-state index contributed by atoms with van der Waals surface area (Å²) >= 11 is 0. The lowest BCUT2D eigenvalue weighted by Crippen LogP contribution is -2.48. The second-order valence-electron chi connectivity index (χ2n) is 11.0. The van der Waals surface area contributed by atoms with Gasteiger partial charge in [-0.3, -0.25) is 4.90 Å². The summed E-state index contributed by atoms with van der Waals surface area (Å²) in [7, 11) is 4.26. The van der Waals surface area contributed by atoms with E-state index in [1.165, 1.54) is 12.0 Å². The molecule has 2 fully saturated rings. The Morgan fingerprint density at radius 3 is 2.13 bits per heavy atom. The molecule has 196 valence electrons. The minimum absolute atomic E-state index is 0.173. The molecule has 0 atom stereocenters. The molecule has 2 N–H and O–H groups in total. The summed E-state index contributed by atoms with van der Waals surface area (Å²) in [5.74, 6) is 0.976. The Morgan fingerprint density at radius 1 is 0.789 bits per heavy atom. The molecule has 0 spiro atoms. The van der Waals surface area contributed by atoms with Crippen molar-refractivity contribution in [3.63, 3.8) is 0 Å². The van der Waals surface area contributed by atoms with Crippen LogP contribution in [0.4, 0.5) is 5.82 Å². The van der Waals surface area contributed by atoms with Crippen LogP contribution in [0.1, 0.15) is 24.8 Å². The van der Waals surface area contributed by atoms with Gasteiger partial charge in [-0.15, -0.1) is 0 Å². The van der Waals surface area contributed by atoms with Crippen LogP contribution in [0.25, 0.3) is 33.7 Å². The number of likely N-dealkylation sites (N-methyl/N-ethyl adjacent to an activating group) is 1. The van der Waals surface area contributed by atoms with Gasteiger partial charge < -0.3 is 15.5 Å². The highest BCUT2D eigenvalue weighted by Crippen LogP contribution is 2.39. The number of piperazine rings is 1. The Balaban J connectivity index is 1.31. The van der Waals surface area contributed by atoms with E-state index in [4.69, 9.17) is 20.7 Å². The van der Waals surface area contributed by atoms with Crippen molar-refractivity contribution in [2.75, 3.05) is 58.3 Å². The molecule has 38 heavy (non-hydrogen) atoms. The largest absolute Gasteiger partial charge is 0.354 e. The first-order valence-electron chi connectivity index (χ1n) is 13.7. The average molecular weight is 508 g/mol. The van der Waals surface area contributed by atoms with Gasteiger partial charge in [-0.1, -0.05) is 54.6 Å². The summed E-state index contributed by atoms with van der Waals surface area (Å²) in [5, 5.41) is 0. The van der Waals surface area contributed by atoms with Crippen LogP contribution in [-0.4, -0.2) is 78.1 Å². The van der Waals surface area contributed by atoms with Crippen LogP contribution in [0.2, 0.25) is 0 Å². The van der Waals surface area contributed by atoms with Gasteiger partial charge in [0.1, 0.15) is 11.3 Å². The first-order valence-corrected chi connectivity index (χ1v) is 13.7. The van der Waals surface area contributed by atoms with Crippen molar-refractivity contribution in [2.24, 2.45) is 5.73 Å². The molecule has 4 aromatic rings. The summed E-state index contributed by atoms with van der Waals surface area (Å²) < 4.78 is 0. The molecule has 2 aromatic carbocycles. The molecule has 1 saturated heterocycles. The fourth-order valence-corrected chi connectivity index (χ4v) is 5.46. The first kappa shape index (κ1) is 24.9. The Bertz CT molecular complexity index is 1390. The van der Waals surface area contributed by atoms with Gasteiger partial charge in [-0.2, -0.15) is 0 Å². The lowest BCUT2D eigenvalue weighted by Gasteiger charge is -2.38. The molecule has 2 aliphatic rings. The fourth-order valence-electron chi connectivity index (χ4n) is 5.46. The Labute approximate surface area is 225 Å². The first-order chi connectivity index (χ1) is 18.5. The molecule has 7 nitrogen and oxygen atoms in total. The van der Waals surface area contributed by atoms with Crippen molar-refractivity contribution in [1.29, 1.82) is 0 Å². The molecular weight excluding hydrogens is 470 g/mol. The Kier molecular flexibility index (Phi) is 6.82. The molecule has 2 aromatic heterocycles. The number of aromatic nitrogens is 3. The number of pyridine rings is 1. The number of hydrogen-bond acceptors (Lipinski definition) is 7. The van der Waals surface area contributed by atoms with E-state index in [1.54, 1.807) is 0 Å². The number of nitrogens with zero attached hydrogens (tertiary/aromatic N) is 6. The van der Waals surface area contributed by atoms with E-state index in [0.717, 1.165) is 86.0 Å². The highest BCUT2D eigenvalue weighted by atomic mass is 15.3. The predicted molar refractivity (Wildman–Crippen MR) is 155 cm³/mol. The third kappa shape index (κ3) is 5.01. The van der Waals surface area contributed by atoms with Gasteiger partial charge in [-0.05, 0) is 51.1 Å². The monoisotopic (exact) mass is 507 g/mol. The van der Waals surface area contributed by atoms with Gasteiger partial charge in [0, 0.05) is 55.9 Å². The average Bonchev–Trinajstić information content (AvgIpc) is 2.94. The number of benzene rings is 2. The highest BCUT2D eigenvalue weighted by molar-refractivity contribution is 5.85. The number of rotatable bonds is 7. The topological polar surface area (TPSA) is 74.4 Å². The maximum atomic E-state index is 6.57. The van der Waals surface area contributed by atoms with Crippen molar-refractivity contribution in [1.82, 2.24) is 24.8 Å². The molecule has 6 rings (SSSR count). The summed E-state index contributed by atoms with van der Waals surface area (Å²) in [5.41, 5.74) is 12.9. The van der Waals surface area contributed by atoms with Gasteiger partial charge in [0.25, 0.3) is 0 Å². The van der Waals surface area contributed by atoms with Gasteiger partial charge >= 0.3 is 0 Å². The number of anilines is 1. The summed E-state index contributed by atoms with van der Waals surface area (Å²) in [6.07, 6.45) is 3.31. The van der Waals surface area contributed by atoms with Crippen LogP contribution in [0, 0.1) is 0 Å². The standard InChI is InChI=1S/C31H37N7/c1-36(2)17-18-37-19-21-38(22-20-37)27-14-13-26-30(34-27)35-29(23-7-4-3-5-8-23)28(33-26)24-9-11-25(12-10-24)31(32)15-6-16-31/h3-5,7-14H,6,15-22,32H2,1-2H3. The zero-order chi connectivity index (χ0) is 26.1. The van der Waals surface area contributed by atoms with E-state index in [9.17, 15) is 0 Å². The molecular formula is C31H37N7. The molecule has 1 aliphatic heterocycles. The van der Waals surface area contributed by atoms with E-state index in [-0.39, 0.29) is 5.54 Å². The van der Waals surface area contributed by atoms with Crippen LogP contribution in [0.5, 0.6) is 0 Å². The molecule has 3 heterocycles. The number of hydrogen-bond donors (Lipinski definition) is 1. The second-order valence-corrected chi connectivity index (χ2v) is 11.0. The predicted octanol–water partition coefficient (Wildman–Crippen LogP) is 4.38. The van der Waals surface area contributed by atoms with Gasteiger partial charge in [-0.25, -0.2) is 15.0 Å². The van der Waals surface area contributed by atoms with Crippen LogP contribution < -0.4 is 10.6 Å². The Hall–Kier alpha value is -3.39. The zero-order valence-corrected chi connectivity index (χ0v) is 22.5. The van der Waals surface area contributed by atoms with E-state index >= 15 is 0 Å². The summed E-state index contributed by atoms with van der Waals surface area (Å²) in [6.45, 7) is 6.23. The smallest absolute Gasteiger partial charge is 0.180 e. The molecule has 0 amide bonds. The normalized spacial score (nSPS) is 17.6. The Morgan fingerprint density at radius 2 is 1.47 bits per heavy atom. The van der Waals surface area contributed by atoms with Gasteiger partial charge in [0.15, 0.2) is 5.65 Å². The molecule has 1 aliphatic carbocycles. The molecule has 7 heteroatoms. The van der Waals surface area contributed by atoms with Crippen molar-refractivity contribution < 1.29 is 0 Å². The van der Waals surface area contributed by atoms with Crippen molar-refractivity contribution >= 4 is 17.0 Å². The van der Waals surface area contributed by atoms with E-state index < -0.39 is 0 Å². The van der Waals surface area contributed by atoms with Crippen LogP contribution in [0.3, 0.4) is 0 Å². The van der Waals surface area contributed by atoms with Gasteiger partial charge in [0.2, 0.25) is 0 Å². The van der Waals surface area contributed by atoms with Crippen molar-refractivity contribution in [2.45, 2.75) is 24.8 Å². The highest BCUT2D eigenvalue weighted by Gasteiger charge is 2.34. The lowest BCUT2D eigenvalue weighted by atomic mass is 9.72. The van der Waals surface area contributed by atoms with Crippen LogP contribution in [0.15, 0.2) is 66.7 Å². The quantitative estimate of drug-likeness (QED) is 0.398. The maximum Gasteiger partial charge on any atom is 0.180 e. The van der Waals surface area contributed by atoms with E-state index in [2.05, 4.69) is 77.3 Å². The minimum Gasteiger partial charge on any atom is -0.354 e. The van der Waals surface area contributed by atoms with E-state index in [1.807, 2.05) is 18.2 Å². The van der Waals surface area contributed by atoms with Gasteiger partial charge in [0.05, 0.1) is 11.4 Å². The number of nitrogens with two attached hydrogens (primary N) is 1. The molecule has 0 unspecified atom stereocenters. The lowest BCUT2D eigenvalue weighted by molar-refractivity contribution is 0.229. The van der Waals surface area contributed by atoms with Crippen LogP contribution >= 0.6 is 0 Å². The zero-order valence-electron chi connectivity index (χ0n) is 22.5. The number of fused-ring (bicyclic) bond motifs is 1. The molecule has 1 saturated carbocycles. The van der Waals surface area contributed by atoms with Crippen molar-refractivity contribution in [3.05, 3.63) is 72.3 Å². The third-order valence-corrected chi connectivity index (χ3v) is 8.10. The molecule has 0 bridgehead atoms. The third-order valence-electron chi connectivity index (χ3n) is 8.10. The van der Waals surface area contributed by atoms with E-state index in [0.29, 0.717) is 5.65 Å².